The van der Waals surface area contributed by atoms with Crippen molar-refractivity contribution in [3.05, 3.63) is 0 Å². The fraction of sp³-hybridized carbons (Fsp3) is 1.00. The van der Waals surface area contributed by atoms with Gasteiger partial charge in [0.05, 0.1) is 39.6 Å². The predicted molar refractivity (Wildman–Crippen MR) is 63.9 cm³/mol. The van der Waals surface area contributed by atoms with Crippen LogP contribution in [0.3, 0.4) is 0 Å². The lowest BCUT2D eigenvalue weighted by molar-refractivity contribution is 0.0326. The van der Waals surface area contributed by atoms with Crippen molar-refractivity contribution >= 4 is 7.32 Å². The summed E-state index contributed by atoms with van der Waals surface area (Å²) in [6.45, 7) is 5.39. The molecule has 0 fully saturated rings. The molecular weight excluding hydrogens is 227 g/mol. The summed E-state index contributed by atoms with van der Waals surface area (Å²) in [7, 11) is 2.53. The van der Waals surface area contributed by atoms with E-state index in [1.807, 2.05) is 6.92 Å². The van der Waals surface area contributed by atoms with Gasteiger partial charge in [-0.3, -0.25) is 0 Å². The summed E-state index contributed by atoms with van der Waals surface area (Å²) in [5.41, 5.74) is 0. The Morgan fingerprint density at radius 1 is 0.706 bits per heavy atom. The average Bonchev–Trinajstić information content (AvgIpc) is 2.34. The van der Waals surface area contributed by atoms with E-state index in [-0.39, 0.29) is 0 Å². The van der Waals surface area contributed by atoms with Gasteiger partial charge in [-0.1, -0.05) is 0 Å². The highest BCUT2D eigenvalue weighted by molar-refractivity contribution is 6.36. The van der Waals surface area contributed by atoms with Crippen LogP contribution >= 0.6 is 0 Å². The number of ether oxygens (including phenoxy) is 3. The molecule has 0 bridgehead atoms. The van der Waals surface area contributed by atoms with E-state index in [0.29, 0.717) is 46.2 Å². The average molecular weight is 250 g/mol. The Morgan fingerprint density at radius 3 is 1.59 bits per heavy atom. The minimum absolute atomic E-state index is 0.419. The van der Waals surface area contributed by atoms with Gasteiger partial charge in [0.2, 0.25) is 0 Å². The maximum atomic E-state index is 5.36. The molecule has 102 valence electrons. The summed E-state index contributed by atoms with van der Waals surface area (Å²) < 4.78 is 30.9. The maximum absolute atomic E-state index is 5.36. The number of methoxy groups -OCH3 is 2. The molecule has 0 aliphatic heterocycles. The molecule has 0 heterocycles. The minimum Gasteiger partial charge on any atom is -0.383 e. The first kappa shape index (κ1) is 16.8. The first-order chi connectivity index (χ1) is 8.35. The van der Waals surface area contributed by atoms with Gasteiger partial charge in [-0.15, -0.1) is 0 Å². The second kappa shape index (κ2) is 13.9. The number of hydrogen-bond donors (Lipinski definition) is 0. The van der Waals surface area contributed by atoms with E-state index in [1.165, 1.54) is 0 Å². The van der Waals surface area contributed by atoms with Crippen molar-refractivity contribution in [3.8, 4) is 0 Å². The summed E-state index contributed by atoms with van der Waals surface area (Å²) >= 11 is 0. The molecule has 0 saturated heterocycles. The van der Waals surface area contributed by atoms with Crippen LogP contribution in [0.5, 0.6) is 0 Å². The molecule has 0 aliphatic carbocycles. The molecule has 6 nitrogen and oxygen atoms in total. The van der Waals surface area contributed by atoms with E-state index < -0.39 is 7.32 Å². The molecule has 0 amide bonds. The van der Waals surface area contributed by atoms with Gasteiger partial charge in [-0.25, -0.2) is 0 Å². The van der Waals surface area contributed by atoms with Gasteiger partial charge in [0.1, 0.15) is 0 Å². The molecule has 0 aliphatic rings. The lowest BCUT2D eigenvalue weighted by Gasteiger charge is -2.14. The Hall–Kier alpha value is -0.175. The SMILES string of the molecule is CCOCCOB(OCCOC)OCCOC. The molecule has 0 saturated carbocycles. The monoisotopic (exact) mass is 250 g/mol. The van der Waals surface area contributed by atoms with Crippen molar-refractivity contribution in [2.75, 3.05) is 60.5 Å². The smallest absolute Gasteiger partial charge is 0.383 e. The summed E-state index contributed by atoms with van der Waals surface area (Å²) in [6, 6.07) is 0. The first-order valence-corrected chi connectivity index (χ1v) is 5.75. The molecule has 7 heteroatoms. The fourth-order valence-corrected chi connectivity index (χ4v) is 0.947. The van der Waals surface area contributed by atoms with E-state index in [9.17, 15) is 0 Å². The van der Waals surface area contributed by atoms with Crippen molar-refractivity contribution in [2.45, 2.75) is 6.92 Å². The zero-order chi connectivity index (χ0) is 12.8. The Morgan fingerprint density at radius 2 is 1.18 bits per heavy atom. The number of rotatable bonds is 13. The van der Waals surface area contributed by atoms with E-state index in [2.05, 4.69) is 0 Å². The second-order valence-electron chi connectivity index (χ2n) is 3.08. The van der Waals surface area contributed by atoms with Gasteiger partial charge in [0.25, 0.3) is 0 Å². The zero-order valence-corrected chi connectivity index (χ0v) is 11.0. The van der Waals surface area contributed by atoms with Crippen LogP contribution in [0.2, 0.25) is 0 Å². The van der Waals surface area contributed by atoms with Crippen molar-refractivity contribution in [1.29, 1.82) is 0 Å². The summed E-state index contributed by atoms with van der Waals surface area (Å²) in [5.74, 6) is 0. The highest BCUT2D eigenvalue weighted by atomic mass is 16.7. The summed E-state index contributed by atoms with van der Waals surface area (Å²) in [5, 5.41) is 0. The number of hydrogen-bond acceptors (Lipinski definition) is 6. The topological polar surface area (TPSA) is 55.4 Å². The van der Waals surface area contributed by atoms with Gasteiger partial charge in [0.15, 0.2) is 0 Å². The molecule has 17 heavy (non-hydrogen) atoms. The van der Waals surface area contributed by atoms with Crippen LogP contribution in [0.15, 0.2) is 0 Å². The van der Waals surface area contributed by atoms with E-state index >= 15 is 0 Å². The van der Waals surface area contributed by atoms with Crippen LogP contribution < -0.4 is 0 Å². The third kappa shape index (κ3) is 12.1. The summed E-state index contributed by atoms with van der Waals surface area (Å²) in [4.78, 5) is 0. The molecule has 0 atom stereocenters. The summed E-state index contributed by atoms with van der Waals surface area (Å²) in [6.07, 6.45) is 0. The Bertz CT molecular complexity index is 139. The molecule has 0 rings (SSSR count). The minimum atomic E-state index is -0.694. The maximum Gasteiger partial charge on any atom is 0.639 e. The highest BCUT2D eigenvalue weighted by Gasteiger charge is 2.20. The Balaban J connectivity index is 3.60. The molecule has 0 aromatic carbocycles. The van der Waals surface area contributed by atoms with Gasteiger partial charge in [-0.2, -0.15) is 0 Å². The third-order valence-electron chi connectivity index (χ3n) is 1.77. The van der Waals surface area contributed by atoms with E-state index in [1.54, 1.807) is 14.2 Å². The Labute approximate surface area is 104 Å². The van der Waals surface area contributed by atoms with Gasteiger partial charge in [0, 0.05) is 20.8 Å². The van der Waals surface area contributed by atoms with Crippen molar-refractivity contribution in [3.63, 3.8) is 0 Å². The largest absolute Gasteiger partial charge is 0.639 e. The third-order valence-corrected chi connectivity index (χ3v) is 1.77. The van der Waals surface area contributed by atoms with Crippen molar-refractivity contribution in [1.82, 2.24) is 0 Å². The highest BCUT2D eigenvalue weighted by Crippen LogP contribution is 1.94. The predicted octanol–water partition coefficient (Wildman–Crippen LogP) is 0.350. The van der Waals surface area contributed by atoms with Crippen molar-refractivity contribution < 1.29 is 28.2 Å². The normalized spacial score (nSPS) is 10.8. The molecule has 0 radical (unpaired) electrons. The van der Waals surface area contributed by atoms with Crippen LogP contribution in [-0.2, 0) is 28.2 Å². The van der Waals surface area contributed by atoms with E-state index in [0.717, 1.165) is 0 Å². The second-order valence-corrected chi connectivity index (χ2v) is 3.08. The molecule has 0 aromatic heterocycles. The quantitative estimate of drug-likeness (QED) is 0.347. The van der Waals surface area contributed by atoms with Crippen LogP contribution in [0, 0.1) is 0 Å². The van der Waals surface area contributed by atoms with Crippen LogP contribution in [0.25, 0.3) is 0 Å². The van der Waals surface area contributed by atoms with Crippen LogP contribution in [0.1, 0.15) is 6.92 Å². The van der Waals surface area contributed by atoms with Crippen molar-refractivity contribution in [2.24, 2.45) is 0 Å². The Kier molecular flexibility index (Phi) is 13.7. The van der Waals surface area contributed by atoms with Crippen LogP contribution in [-0.4, -0.2) is 67.8 Å². The lowest BCUT2D eigenvalue weighted by Crippen LogP contribution is -2.31. The standard InChI is InChI=1S/C10H23BO6/c1-4-14-7-10-17-11(15-8-5-12-2)16-9-6-13-3/h4-10H2,1-3H3. The molecule has 0 aromatic rings. The fourth-order valence-electron chi connectivity index (χ4n) is 0.947. The lowest BCUT2D eigenvalue weighted by atomic mass is 10.2. The molecular formula is C10H23BO6. The zero-order valence-electron chi connectivity index (χ0n) is 11.0. The molecule has 0 unspecified atom stereocenters. The molecule has 0 spiro atoms. The van der Waals surface area contributed by atoms with Gasteiger partial charge in [-0.05, 0) is 6.92 Å². The van der Waals surface area contributed by atoms with Gasteiger partial charge < -0.3 is 28.2 Å². The van der Waals surface area contributed by atoms with E-state index in [4.69, 9.17) is 28.2 Å². The first-order valence-electron chi connectivity index (χ1n) is 5.75. The molecule has 0 N–H and O–H groups in total. The van der Waals surface area contributed by atoms with Gasteiger partial charge >= 0.3 is 7.32 Å². The van der Waals surface area contributed by atoms with Crippen LogP contribution in [0.4, 0.5) is 0 Å².